The number of halogens is 1. The van der Waals surface area contributed by atoms with Gasteiger partial charge in [-0.05, 0) is 48.9 Å². The van der Waals surface area contributed by atoms with Gasteiger partial charge in [0.25, 0.3) is 5.91 Å². The Labute approximate surface area is 141 Å². The van der Waals surface area contributed by atoms with Gasteiger partial charge in [-0.2, -0.15) is 0 Å². The van der Waals surface area contributed by atoms with Crippen LogP contribution in [0.25, 0.3) is 11.3 Å². The highest BCUT2D eigenvalue weighted by Gasteiger charge is 2.34. The molecular formula is C20H22FNO2. The number of hydrogen-bond donors (Lipinski definition) is 0. The second-order valence-corrected chi connectivity index (χ2v) is 6.99. The molecule has 1 aliphatic carbocycles. The van der Waals surface area contributed by atoms with E-state index in [0.29, 0.717) is 23.0 Å². The van der Waals surface area contributed by atoms with Crippen LogP contribution in [0, 0.1) is 17.7 Å². The third-order valence-corrected chi connectivity index (χ3v) is 5.53. The first-order valence-electron chi connectivity index (χ1n) is 8.86. The molecule has 1 saturated heterocycles. The third kappa shape index (κ3) is 2.85. The van der Waals surface area contributed by atoms with Crippen molar-refractivity contribution in [1.82, 2.24) is 4.90 Å². The Hall–Kier alpha value is -2.10. The molecule has 0 bridgehead atoms. The average molecular weight is 327 g/mol. The van der Waals surface area contributed by atoms with Gasteiger partial charge in [0.05, 0.1) is 5.56 Å². The maximum absolute atomic E-state index is 13.9. The van der Waals surface area contributed by atoms with Crippen LogP contribution in [0.5, 0.6) is 0 Å². The maximum Gasteiger partial charge on any atom is 0.289 e. The van der Waals surface area contributed by atoms with Crippen LogP contribution in [-0.2, 0) is 0 Å². The molecule has 1 amide bonds. The number of furan rings is 1. The van der Waals surface area contributed by atoms with Gasteiger partial charge in [0.15, 0.2) is 5.76 Å². The molecule has 2 aliphatic rings. The van der Waals surface area contributed by atoms with E-state index in [9.17, 15) is 9.18 Å². The molecule has 1 aliphatic heterocycles. The van der Waals surface area contributed by atoms with Crippen LogP contribution in [0.4, 0.5) is 4.39 Å². The van der Waals surface area contributed by atoms with E-state index in [4.69, 9.17) is 4.42 Å². The number of carbonyl (C=O) groups excluding carboxylic acids is 1. The van der Waals surface area contributed by atoms with Crippen molar-refractivity contribution in [2.75, 3.05) is 13.1 Å². The van der Waals surface area contributed by atoms with Gasteiger partial charge in [0.1, 0.15) is 11.6 Å². The molecule has 2 fully saturated rings. The lowest BCUT2D eigenvalue weighted by Crippen LogP contribution is -2.44. The zero-order valence-corrected chi connectivity index (χ0v) is 13.7. The fraction of sp³-hybridized carbons (Fsp3) is 0.450. The predicted octanol–water partition coefficient (Wildman–Crippen LogP) is 4.74. The van der Waals surface area contributed by atoms with E-state index in [1.807, 2.05) is 4.90 Å². The Morgan fingerprint density at radius 1 is 1.04 bits per heavy atom. The summed E-state index contributed by atoms with van der Waals surface area (Å²) in [5, 5.41) is 0. The van der Waals surface area contributed by atoms with Crippen LogP contribution < -0.4 is 0 Å². The average Bonchev–Trinajstić information content (AvgIpc) is 3.11. The molecule has 1 aromatic carbocycles. The quantitative estimate of drug-likeness (QED) is 0.798. The summed E-state index contributed by atoms with van der Waals surface area (Å²) < 4.78 is 19.5. The van der Waals surface area contributed by atoms with E-state index in [-0.39, 0.29) is 11.7 Å². The molecule has 2 heterocycles. The van der Waals surface area contributed by atoms with Crippen molar-refractivity contribution >= 4 is 5.91 Å². The highest BCUT2D eigenvalue weighted by Crippen LogP contribution is 2.36. The van der Waals surface area contributed by atoms with Crippen LogP contribution in [-0.4, -0.2) is 23.9 Å². The molecule has 4 rings (SSSR count). The molecule has 24 heavy (non-hydrogen) atoms. The minimum Gasteiger partial charge on any atom is -0.451 e. The van der Waals surface area contributed by atoms with Crippen molar-refractivity contribution in [3.63, 3.8) is 0 Å². The molecule has 0 radical (unpaired) electrons. The summed E-state index contributed by atoms with van der Waals surface area (Å²) in [5.74, 6) is 1.73. The molecule has 1 aromatic heterocycles. The number of amides is 1. The number of hydrogen-bond acceptors (Lipinski definition) is 2. The fourth-order valence-corrected chi connectivity index (χ4v) is 4.20. The third-order valence-electron chi connectivity index (χ3n) is 5.53. The van der Waals surface area contributed by atoms with Crippen LogP contribution in [0.3, 0.4) is 0 Å². The maximum atomic E-state index is 13.9. The number of piperidine rings is 1. The summed E-state index contributed by atoms with van der Waals surface area (Å²) in [4.78, 5) is 14.7. The lowest BCUT2D eigenvalue weighted by Gasteiger charge is -2.41. The van der Waals surface area contributed by atoms with Gasteiger partial charge in [-0.15, -0.1) is 0 Å². The van der Waals surface area contributed by atoms with Crippen LogP contribution >= 0.6 is 0 Å². The number of benzene rings is 1. The van der Waals surface area contributed by atoms with Crippen molar-refractivity contribution in [3.8, 4) is 11.3 Å². The second kappa shape index (κ2) is 6.42. The fourth-order valence-electron chi connectivity index (χ4n) is 4.20. The standard InChI is InChI=1S/C20H22FNO2/c21-17-8-4-3-7-16(17)18-9-10-19(24-18)20(23)22-12-11-14-5-1-2-6-15(14)13-22/h3-4,7-10,14-15H,1-2,5-6,11-13H2/t14-,15-/m1/s1. The van der Waals surface area contributed by atoms with Gasteiger partial charge in [0, 0.05) is 13.1 Å². The van der Waals surface area contributed by atoms with E-state index in [1.165, 1.54) is 31.7 Å². The largest absolute Gasteiger partial charge is 0.451 e. The zero-order chi connectivity index (χ0) is 16.5. The molecule has 0 N–H and O–H groups in total. The van der Waals surface area contributed by atoms with Crippen LogP contribution in [0.1, 0.15) is 42.7 Å². The van der Waals surface area contributed by atoms with Crippen molar-refractivity contribution in [2.24, 2.45) is 11.8 Å². The molecule has 1 saturated carbocycles. The Balaban J connectivity index is 1.50. The van der Waals surface area contributed by atoms with Gasteiger partial charge in [-0.25, -0.2) is 4.39 Å². The minimum absolute atomic E-state index is 0.0680. The topological polar surface area (TPSA) is 33.5 Å². The molecule has 4 heteroatoms. The molecular weight excluding hydrogens is 305 g/mol. The van der Waals surface area contributed by atoms with Crippen molar-refractivity contribution in [2.45, 2.75) is 32.1 Å². The van der Waals surface area contributed by atoms with E-state index in [0.717, 1.165) is 25.4 Å². The van der Waals surface area contributed by atoms with E-state index >= 15 is 0 Å². The van der Waals surface area contributed by atoms with Gasteiger partial charge in [0.2, 0.25) is 0 Å². The highest BCUT2D eigenvalue weighted by molar-refractivity contribution is 5.92. The van der Waals surface area contributed by atoms with Gasteiger partial charge in [-0.1, -0.05) is 31.4 Å². The number of likely N-dealkylation sites (tertiary alicyclic amines) is 1. The van der Waals surface area contributed by atoms with Crippen molar-refractivity contribution < 1.29 is 13.6 Å². The first-order chi connectivity index (χ1) is 11.7. The highest BCUT2D eigenvalue weighted by atomic mass is 19.1. The summed E-state index contributed by atoms with van der Waals surface area (Å²) in [7, 11) is 0. The number of carbonyl (C=O) groups is 1. The van der Waals surface area contributed by atoms with E-state index in [2.05, 4.69) is 0 Å². The van der Waals surface area contributed by atoms with E-state index in [1.54, 1.807) is 30.3 Å². The lowest BCUT2D eigenvalue weighted by molar-refractivity contribution is 0.0493. The van der Waals surface area contributed by atoms with Gasteiger partial charge in [-0.3, -0.25) is 4.79 Å². The van der Waals surface area contributed by atoms with Crippen molar-refractivity contribution in [3.05, 3.63) is 48.0 Å². The lowest BCUT2D eigenvalue weighted by atomic mass is 9.75. The normalized spacial score (nSPS) is 23.8. The minimum atomic E-state index is -0.339. The Morgan fingerprint density at radius 3 is 2.67 bits per heavy atom. The van der Waals surface area contributed by atoms with E-state index < -0.39 is 0 Å². The molecule has 2 atom stereocenters. The van der Waals surface area contributed by atoms with Crippen molar-refractivity contribution in [1.29, 1.82) is 0 Å². The zero-order valence-electron chi connectivity index (χ0n) is 13.7. The first-order valence-corrected chi connectivity index (χ1v) is 8.86. The first kappa shape index (κ1) is 15.4. The number of rotatable bonds is 2. The van der Waals surface area contributed by atoms with Crippen LogP contribution in [0.2, 0.25) is 0 Å². The SMILES string of the molecule is O=C(c1ccc(-c2ccccc2F)o1)N1CC[C@H]2CCCC[C@@H]2C1. The molecule has 126 valence electrons. The molecule has 0 unspecified atom stereocenters. The Morgan fingerprint density at radius 2 is 1.83 bits per heavy atom. The van der Waals surface area contributed by atoms with Gasteiger partial charge < -0.3 is 9.32 Å². The smallest absolute Gasteiger partial charge is 0.289 e. The monoisotopic (exact) mass is 327 g/mol. The number of nitrogens with zero attached hydrogens (tertiary/aromatic N) is 1. The second-order valence-electron chi connectivity index (χ2n) is 6.99. The summed E-state index contributed by atoms with van der Waals surface area (Å²) in [6, 6.07) is 9.80. The Kier molecular flexibility index (Phi) is 4.13. The molecule has 3 nitrogen and oxygen atoms in total. The summed E-state index contributed by atoms with van der Waals surface area (Å²) in [5.41, 5.74) is 0.391. The summed E-state index contributed by atoms with van der Waals surface area (Å²) >= 11 is 0. The summed E-state index contributed by atoms with van der Waals surface area (Å²) in [6.45, 7) is 1.63. The van der Waals surface area contributed by atoms with Crippen LogP contribution in [0.15, 0.2) is 40.8 Å². The summed E-state index contributed by atoms with van der Waals surface area (Å²) in [6.07, 6.45) is 6.25. The Bertz CT molecular complexity index is 739. The number of fused-ring (bicyclic) bond motifs is 1. The van der Waals surface area contributed by atoms with Gasteiger partial charge >= 0.3 is 0 Å². The molecule has 0 spiro atoms. The molecule has 2 aromatic rings. The predicted molar refractivity (Wildman–Crippen MR) is 90.1 cm³/mol.